The van der Waals surface area contributed by atoms with Crippen LogP contribution in [0.15, 0.2) is 0 Å². The van der Waals surface area contributed by atoms with Crippen molar-refractivity contribution in [2.24, 2.45) is 5.92 Å². The van der Waals surface area contributed by atoms with Crippen LogP contribution in [-0.4, -0.2) is 34.5 Å². The van der Waals surface area contributed by atoms with E-state index >= 15 is 0 Å². The number of carbonyl (C=O) groups is 2. The van der Waals surface area contributed by atoms with Crippen molar-refractivity contribution >= 4 is 11.9 Å². The summed E-state index contributed by atoms with van der Waals surface area (Å²) in [6, 6.07) is 0. The second-order valence-corrected chi connectivity index (χ2v) is 4.10. The van der Waals surface area contributed by atoms with Crippen LogP contribution in [0.3, 0.4) is 0 Å². The molecule has 0 bridgehead atoms. The smallest absolute Gasteiger partial charge is 0.329 e. The highest BCUT2D eigenvalue weighted by atomic mass is 16.4. The molecular weight excluding hydrogens is 182 g/mol. The van der Waals surface area contributed by atoms with Gasteiger partial charge in [-0.2, -0.15) is 0 Å². The Hall–Kier alpha value is -1.06. The van der Waals surface area contributed by atoms with E-state index in [9.17, 15) is 14.7 Å². The molecule has 1 rings (SSSR count). The quantitative estimate of drug-likeness (QED) is 0.724. The number of nitrogens with zero attached hydrogens (tertiary/aromatic N) is 1. The maximum atomic E-state index is 11.3. The van der Waals surface area contributed by atoms with Crippen LogP contribution in [0.5, 0.6) is 0 Å². The number of carboxylic acid groups (broad SMARTS) is 1. The summed E-state index contributed by atoms with van der Waals surface area (Å²) >= 11 is 0. The molecule has 1 aliphatic rings. The number of carbonyl (C=O) groups excluding carboxylic acids is 1. The van der Waals surface area contributed by atoms with Crippen LogP contribution < -0.4 is 0 Å². The number of aliphatic carboxylic acids is 1. The largest absolute Gasteiger partial charge is 0.479 e. The van der Waals surface area contributed by atoms with E-state index in [0.717, 1.165) is 12.8 Å². The molecule has 2 atom stereocenters. The molecule has 1 amide bonds. The third kappa shape index (κ3) is 1.38. The molecule has 0 aliphatic heterocycles. The van der Waals surface area contributed by atoms with Gasteiger partial charge in [-0.25, -0.2) is 4.79 Å². The number of carboxylic acids is 1. The fraction of sp³-hybridized carbons (Fsp3) is 0.800. The molecule has 1 fully saturated rings. The van der Waals surface area contributed by atoms with E-state index in [1.807, 2.05) is 6.92 Å². The lowest BCUT2D eigenvalue weighted by Crippen LogP contribution is -2.56. The zero-order valence-electron chi connectivity index (χ0n) is 8.91. The summed E-state index contributed by atoms with van der Waals surface area (Å²) in [5, 5.41) is 9.26. The third-order valence-electron chi connectivity index (χ3n) is 3.45. The molecule has 0 aromatic rings. The Morgan fingerprint density at radius 1 is 1.50 bits per heavy atom. The van der Waals surface area contributed by atoms with Gasteiger partial charge >= 0.3 is 5.97 Å². The predicted molar refractivity (Wildman–Crippen MR) is 51.8 cm³/mol. The third-order valence-corrected chi connectivity index (χ3v) is 3.45. The van der Waals surface area contributed by atoms with Gasteiger partial charge in [-0.3, -0.25) is 4.79 Å². The molecule has 0 spiro atoms. The van der Waals surface area contributed by atoms with Gasteiger partial charge in [0, 0.05) is 14.0 Å². The zero-order chi connectivity index (χ0) is 10.9. The topological polar surface area (TPSA) is 57.6 Å². The lowest BCUT2D eigenvalue weighted by atomic mass is 9.86. The van der Waals surface area contributed by atoms with Crippen LogP contribution in [0, 0.1) is 5.92 Å². The summed E-state index contributed by atoms with van der Waals surface area (Å²) in [6.07, 6.45) is 2.33. The fourth-order valence-electron chi connectivity index (χ4n) is 2.40. The SMILES string of the molecule is CC(=O)N(C)C1(C(=O)O)CCCC1C. The standard InChI is InChI=1S/C10H17NO3/c1-7-5-4-6-10(7,9(13)14)11(3)8(2)12/h7H,4-6H2,1-3H3,(H,13,14). The van der Waals surface area contributed by atoms with E-state index < -0.39 is 11.5 Å². The molecule has 0 saturated heterocycles. The van der Waals surface area contributed by atoms with Crippen LogP contribution in [0.1, 0.15) is 33.1 Å². The minimum absolute atomic E-state index is 0.0360. The van der Waals surface area contributed by atoms with Gasteiger partial charge in [0.25, 0.3) is 0 Å². The molecule has 0 radical (unpaired) electrons. The lowest BCUT2D eigenvalue weighted by Gasteiger charge is -2.37. The maximum Gasteiger partial charge on any atom is 0.329 e. The van der Waals surface area contributed by atoms with Crippen molar-refractivity contribution in [2.45, 2.75) is 38.6 Å². The summed E-state index contributed by atoms with van der Waals surface area (Å²) in [5.74, 6) is -1.02. The first-order valence-electron chi connectivity index (χ1n) is 4.90. The number of amides is 1. The molecule has 1 saturated carbocycles. The van der Waals surface area contributed by atoms with Crippen molar-refractivity contribution in [1.29, 1.82) is 0 Å². The number of hydrogen-bond acceptors (Lipinski definition) is 2. The predicted octanol–water partition coefficient (Wildman–Crippen LogP) is 1.11. The Labute approximate surface area is 83.9 Å². The maximum absolute atomic E-state index is 11.3. The summed E-state index contributed by atoms with van der Waals surface area (Å²) in [5.41, 5.74) is -0.966. The summed E-state index contributed by atoms with van der Waals surface area (Å²) < 4.78 is 0. The van der Waals surface area contributed by atoms with Crippen molar-refractivity contribution in [3.8, 4) is 0 Å². The van der Waals surface area contributed by atoms with Gasteiger partial charge in [-0.1, -0.05) is 13.3 Å². The molecule has 80 valence electrons. The van der Waals surface area contributed by atoms with E-state index in [2.05, 4.69) is 0 Å². The molecule has 4 heteroatoms. The van der Waals surface area contributed by atoms with E-state index in [1.165, 1.54) is 11.8 Å². The van der Waals surface area contributed by atoms with Gasteiger partial charge in [0.2, 0.25) is 5.91 Å². The number of likely N-dealkylation sites (N-methyl/N-ethyl adjacent to an activating group) is 1. The Kier molecular flexibility index (Phi) is 2.83. The van der Waals surface area contributed by atoms with Crippen molar-refractivity contribution in [3.63, 3.8) is 0 Å². The fourth-order valence-corrected chi connectivity index (χ4v) is 2.40. The van der Waals surface area contributed by atoms with E-state index in [1.54, 1.807) is 7.05 Å². The molecule has 4 nitrogen and oxygen atoms in total. The molecule has 14 heavy (non-hydrogen) atoms. The minimum Gasteiger partial charge on any atom is -0.479 e. The first-order valence-corrected chi connectivity index (χ1v) is 4.90. The molecule has 0 aromatic heterocycles. The number of hydrogen-bond donors (Lipinski definition) is 1. The normalized spacial score (nSPS) is 31.5. The van der Waals surface area contributed by atoms with Crippen molar-refractivity contribution in [1.82, 2.24) is 4.90 Å². The first kappa shape index (κ1) is 11.0. The highest BCUT2D eigenvalue weighted by molar-refractivity contribution is 5.86. The van der Waals surface area contributed by atoms with E-state index in [-0.39, 0.29) is 11.8 Å². The van der Waals surface area contributed by atoms with Crippen molar-refractivity contribution < 1.29 is 14.7 Å². The van der Waals surface area contributed by atoms with Gasteiger partial charge < -0.3 is 10.0 Å². The Morgan fingerprint density at radius 2 is 2.07 bits per heavy atom. The molecule has 1 aliphatic carbocycles. The molecule has 1 N–H and O–H groups in total. The van der Waals surface area contributed by atoms with Crippen molar-refractivity contribution in [3.05, 3.63) is 0 Å². The first-order chi connectivity index (χ1) is 6.43. The number of rotatable bonds is 2. The van der Waals surface area contributed by atoms with Gasteiger partial charge in [-0.15, -0.1) is 0 Å². The van der Waals surface area contributed by atoms with Gasteiger partial charge in [0.05, 0.1) is 0 Å². The minimum atomic E-state index is -0.966. The lowest BCUT2D eigenvalue weighted by molar-refractivity contribution is -0.159. The monoisotopic (exact) mass is 199 g/mol. The molecule has 0 aromatic carbocycles. The van der Waals surface area contributed by atoms with Crippen LogP contribution in [0.2, 0.25) is 0 Å². The van der Waals surface area contributed by atoms with Crippen LogP contribution in [-0.2, 0) is 9.59 Å². The summed E-state index contributed by atoms with van der Waals surface area (Å²) in [4.78, 5) is 23.9. The summed E-state index contributed by atoms with van der Waals surface area (Å²) in [6.45, 7) is 3.32. The average molecular weight is 199 g/mol. The zero-order valence-corrected chi connectivity index (χ0v) is 8.91. The van der Waals surface area contributed by atoms with Crippen LogP contribution in [0.4, 0.5) is 0 Å². The second kappa shape index (κ2) is 3.59. The average Bonchev–Trinajstić information content (AvgIpc) is 2.46. The second-order valence-electron chi connectivity index (χ2n) is 4.10. The highest BCUT2D eigenvalue weighted by Gasteiger charge is 2.51. The summed E-state index contributed by atoms with van der Waals surface area (Å²) in [7, 11) is 1.58. The Balaban J connectivity index is 3.04. The van der Waals surface area contributed by atoms with Gasteiger partial charge in [-0.05, 0) is 18.8 Å². The molecule has 0 heterocycles. The van der Waals surface area contributed by atoms with Gasteiger partial charge in [0.1, 0.15) is 5.54 Å². The van der Waals surface area contributed by atoms with E-state index in [0.29, 0.717) is 6.42 Å². The van der Waals surface area contributed by atoms with E-state index in [4.69, 9.17) is 0 Å². The highest BCUT2D eigenvalue weighted by Crippen LogP contribution is 2.39. The Morgan fingerprint density at radius 3 is 2.36 bits per heavy atom. The molecular formula is C10H17NO3. The Bertz CT molecular complexity index is 264. The molecule has 2 unspecified atom stereocenters. The van der Waals surface area contributed by atoms with Crippen LogP contribution >= 0.6 is 0 Å². The van der Waals surface area contributed by atoms with Crippen LogP contribution in [0.25, 0.3) is 0 Å². The van der Waals surface area contributed by atoms with Crippen molar-refractivity contribution in [2.75, 3.05) is 7.05 Å². The van der Waals surface area contributed by atoms with Gasteiger partial charge in [0.15, 0.2) is 0 Å².